The summed E-state index contributed by atoms with van der Waals surface area (Å²) in [5, 5.41) is 0. The molecule has 0 radical (unpaired) electrons. The molecule has 0 N–H and O–H groups in total. The SMILES string of the molecule is CCCCCCC(=O)O[C@H]1CC[C@@]2(C)C(=CCC3[C@@H]4CC[C@H]([C@H](C)CCCC(C)C)[C@@]4(C)CC[C@@H]32)C1. The van der Waals surface area contributed by atoms with E-state index in [2.05, 4.69) is 47.6 Å². The molecule has 2 heteroatoms. The molecule has 2 nitrogen and oxygen atoms in total. The van der Waals surface area contributed by atoms with Crippen molar-refractivity contribution in [2.24, 2.45) is 46.3 Å². The molecule has 0 amide bonds. The Morgan fingerprint density at radius 2 is 1.78 bits per heavy atom. The number of carbonyl (C=O) groups excluding carboxylic acids is 1. The Kier molecular flexibility index (Phi) is 9.36. The molecule has 3 fully saturated rings. The second-order valence-corrected chi connectivity index (χ2v) is 14.5. The zero-order valence-corrected chi connectivity index (χ0v) is 24.7. The lowest BCUT2D eigenvalue weighted by atomic mass is 9.47. The summed E-state index contributed by atoms with van der Waals surface area (Å²) in [4.78, 5) is 12.4. The molecule has 4 aliphatic carbocycles. The van der Waals surface area contributed by atoms with Crippen molar-refractivity contribution >= 4 is 5.97 Å². The maximum atomic E-state index is 12.4. The molecule has 1 unspecified atom stereocenters. The molecule has 8 atom stereocenters. The van der Waals surface area contributed by atoms with Gasteiger partial charge in [0.2, 0.25) is 0 Å². The Morgan fingerprint density at radius 3 is 2.53 bits per heavy atom. The maximum absolute atomic E-state index is 12.4. The minimum atomic E-state index is 0.0435. The van der Waals surface area contributed by atoms with Crippen LogP contribution in [0.5, 0.6) is 0 Å². The lowest BCUT2D eigenvalue weighted by Crippen LogP contribution is -2.51. The highest BCUT2D eigenvalue weighted by Crippen LogP contribution is 2.67. The van der Waals surface area contributed by atoms with Gasteiger partial charge in [0.15, 0.2) is 0 Å². The fourth-order valence-electron chi connectivity index (χ4n) is 9.69. The summed E-state index contributed by atoms with van der Waals surface area (Å²) < 4.78 is 5.99. The van der Waals surface area contributed by atoms with Crippen molar-refractivity contribution in [1.82, 2.24) is 0 Å². The molecule has 0 aromatic carbocycles. The van der Waals surface area contributed by atoms with Crippen LogP contribution in [0.1, 0.15) is 144 Å². The van der Waals surface area contributed by atoms with Gasteiger partial charge < -0.3 is 4.74 Å². The van der Waals surface area contributed by atoms with Gasteiger partial charge in [-0.05, 0) is 97.7 Å². The van der Waals surface area contributed by atoms with Crippen LogP contribution in [0.4, 0.5) is 0 Å². The van der Waals surface area contributed by atoms with E-state index in [1.165, 1.54) is 70.6 Å². The van der Waals surface area contributed by atoms with E-state index < -0.39 is 0 Å². The van der Waals surface area contributed by atoms with Crippen molar-refractivity contribution in [1.29, 1.82) is 0 Å². The molecule has 0 aromatic rings. The van der Waals surface area contributed by atoms with Crippen LogP contribution < -0.4 is 0 Å². The van der Waals surface area contributed by atoms with Crippen LogP contribution in [0.15, 0.2) is 11.6 Å². The van der Waals surface area contributed by atoms with Gasteiger partial charge in [0.25, 0.3) is 0 Å². The van der Waals surface area contributed by atoms with E-state index in [9.17, 15) is 4.79 Å². The van der Waals surface area contributed by atoms with E-state index >= 15 is 0 Å². The highest BCUT2D eigenvalue weighted by atomic mass is 16.5. The summed E-state index contributed by atoms with van der Waals surface area (Å²) >= 11 is 0. The number of fused-ring (bicyclic) bond motifs is 5. The fourth-order valence-corrected chi connectivity index (χ4v) is 9.69. The second kappa shape index (κ2) is 11.9. The number of allylic oxidation sites excluding steroid dienone is 1. The number of hydrogen-bond acceptors (Lipinski definition) is 2. The van der Waals surface area contributed by atoms with Crippen molar-refractivity contribution in [3.63, 3.8) is 0 Å². The minimum Gasteiger partial charge on any atom is -0.462 e. The maximum Gasteiger partial charge on any atom is 0.306 e. The summed E-state index contributed by atoms with van der Waals surface area (Å²) in [6.07, 6.45) is 22.5. The van der Waals surface area contributed by atoms with E-state index in [1.54, 1.807) is 5.57 Å². The lowest BCUT2D eigenvalue weighted by molar-refractivity contribution is -0.151. The fraction of sp³-hybridized carbons (Fsp3) is 0.912. The predicted octanol–water partition coefficient (Wildman–Crippen LogP) is 9.91. The topological polar surface area (TPSA) is 26.3 Å². The van der Waals surface area contributed by atoms with Gasteiger partial charge in [-0.25, -0.2) is 0 Å². The number of esters is 1. The van der Waals surface area contributed by atoms with Crippen LogP contribution >= 0.6 is 0 Å². The van der Waals surface area contributed by atoms with Gasteiger partial charge in [-0.2, -0.15) is 0 Å². The summed E-state index contributed by atoms with van der Waals surface area (Å²) in [5.41, 5.74) is 2.54. The van der Waals surface area contributed by atoms with E-state index in [-0.39, 0.29) is 12.1 Å². The molecular formula is C34H58O2. The number of unbranched alkanes of at least 4 members (excludes halogenated alkanes) is 3. The highest BCUT2D eigenvalue weighted by molar-refractivity contribution is 5.69. The first-order valence-corrected chi connectivity index (χ1v) is 16.1. The molecule has 0 bridgehead atoms. The molecule has 4 aliphatic rings. The van der Waals surface area contributed by atoms with Crippen LogP contribution in [0, 0.1) is 46.3 Å². The van der Waals surface area contributed by atoms with E-state index in [1.807, 2.05) is 0 Å². The van der Waals surface area contributed by atoms with Crippen LogP contribution in [0.2, 0.25) is 0 Å². The third kappa shape index (κ3) is 5.78. The zero-order valence-electron chi connectivity index (χ0n) is 24.7. The van der Waals surface area contributed by atoms with Crippen molar-refractivity contribution in [2.75, 3.05) is 0 Å². The van der Waals surface area contributed by atoms with Crippen molar-refractivity contribution in [3.05, 3.63) is 11.6 Å². The van der Waals surface area contributed by atoms with E-state index in [0.29, 0.717) is 17.3 Å². The number of hydrogen-bond donors (Lipinski definition) is 0. The molecule has 0 aromatic heterocycles. The Labute approximate surface area is 223 Å². The molecule has 0 saturated heterocycles. The quantitative estimate of drug-likeness (QED) is 0.161. The standard InChI is InChI=1S/C34H58O2/c1-7-8-9-10-14-32(35)36-27-19-21-33(5)26(23-27)15-16-28-30-18-17-29(25(4)13-11-12-24(2)3)34(30,6)22-20-31(28)33/h15,24-25,27-31H,7-14,16-23H2,1-6H3/t25-,27+,28?,29-,30+,31+,33+,34-/m1/s1. The third-order valence-electron chi connectivity index (χ3n) is 11.8. The van der Waals surface area contributed by atoms with Gasteiger partial charge >= 0.3 is 5.97 Å². The molecule has 0 spiro atoms. The lowest BCUT2D eigenvalue weighted by Gasteiger charge is -2.58. The first kappa shape index (κ1) is 28.2. The third-order valence-corrected chi connectivity index (χ3v) is 11.8. The van der Waals surface area contributed by atoms with Gasteiger partial charge in [0, 0.05) is 12.8 Å². The predicted molar refractivity (Wildman–Crippen MR) is 152 cm³/mol. The van der Waals surface area contributed by atoms with Crippen molar-refractivity contribution in [2.45, 2.75) is 150 Å². The summed E-state index contributed by atoms with van der Waals surface area (Å²) in [5.74, 6) is 5.34. The molecule has 0 heterocycles. The first-order valence-electron chi connectivity index (χ1n) is 16.1. The summed E-state index contributed by atoms with van der Waals surface area (Å²) in [6, 6.07) is 0. The molecule has 4 rings (SSSR count). The van der Waals surface area contributed by atoms with Crippen LogP contribution in [-0.2, 0) is 9.53 Å². The second-order valence-electron chi connectivity index (χ2n) is 14.5. The monoisotopic (exact) mass is 498 g/mol. The average molecular weight is 499 g/mol. The molecule has 206 valence electrons. The Hall–Kier alpha value is -0.790. The van der Waals surface area contributed by atoms with Gasteiger partial charge in [-0.3, -0.25) is 4.79 Å². The largest absolute Gasteiger partial charge is 0.462 e. The van der Waals surface area contributed by atoms with Crippen LogP contribution in [0.25, 0.3) is 0 Å². The Morgan fingerprint density at radius 1 is 0.972 bits per heavy atom. The van der Waals surface area contributed by atoms with E-state index in [0.717, 1.165) is 61.2 Å². The average Bonchev–Trinajstić information content (AvgIpc) is 3.19. The Bertz CT molecular complexity index is 767. The van der Waals surface area contributed by atoms with Crippen molar-refractivity contribution in [3.8, 4) is 0 Å². The molecule has 36 heavy (non-hydrogen) atoms. The normalized spacial score (nSPS) is 38.6. The van der Waals surface area contributed by atoms with Gasteiger partial charge in [-0.1, -0.05) is 91.7 Å². The summed E-state index contributed by atoms with van der Waals surface area (Å²) in [6.45, 7) is 14.8. The Balaban J connectivity index is 1.36. The van der Waals surface area contributed by atoms with Gasteiger partial charge in [0.1, 0.15) is 6.10 Å². The van der Waals surface area contributed by atoms with Gasteiger partial charge in [0.05, 0.1) is 0 Å². The van der Waals surface area contributed by atoms with Gasteiger partial charge in [-0.15, -0.1) is 0 Å². The smallest absolute Gasteiger partial charge is 0.306 e. The first-order chi connectivity index (χ1) is 17.2. The van der Waals surface area contributed by atoms with Crippen LogP contribution in [-0.4, -0.2) is 12.1 Å². The highest BCUT2D eigenvalue weighted by Gasteiger charge is 2.59. The minimum absolute atomic E-state index is 0.0435. The molecular weight excluding hydrogens is 440 g/mol. The summed E-state index contributed by atoms with van der Waals surface area (Å²) in [7, 11) is 0. The number of ether oxygens (including phenoxy) is 1. The van der Waals surface area contributed by atoms with Crippen LogP contribution in [0.3, 0.4) is 0 Å². The molecule has 3 saturated carbocycles. The number of carbonyl (C=O) groups is 1. The zero-order chi connectivity index (χ0) is 25.9. The number of rotatable bonds is 11. The van der Waals surface area contributed by atoms with Crippen molar-refractivity contribution < 1.29 is 9.53 Å². The molecule has 0 aliphatic heterocycles. The van der Waals surface area contributed by atoms with E-state index in [4.69, 9.17) is 4.74 Å².